The number of hydrogen-bond donors (Lipinski definition) is 1. The van der Waals surface area contributed by atoms with Gasteiger partial charge < -0.3 is 10.1 Å². The van der Waals surface area contributed by atoms with Gasteiger partial charge in [-0.15, -0.1) is 0 Å². The van der Waals surface area contributed by atoms with Gasteiger partial charge >= 0.3 is 0 Å². The number of carbonyl (C=O) groups is 1. The average molecular weight is 354 g/mol. The molecule has 2 aliphatic rings. The van der Waals surface area contributed by atoms with Crippen LogP contribution in [0.3, 0.4) is 0 Å². The smallest absolute Gasteiger partial charge is 0.231 e. The van der Waals surface area contributed by atoms with Crippen molar-refractivity contribution in [3.63, 3.8) is 0 Å². The molecule has 132 valence electrons. The Morgan fingerprint density at radius 3 is 2.54 bits per heavy atom. The normalized spacial score (nSPS) is 26.5. The highest BCUT2D eigenvalue weighted by molar-refractivity contribution is 5.94. The molecule has 0 spiro atoms. The van der Waals surface area contributed by atoms with Crippen LogP contribution < -0.4 is 5.32 Å². The van der Waals surface area contributed by atoms with Gasteiger partial charge in [0.15, 0.2) is 0 Å². The SMILES string of the molecule is N#C[C@H]1C(C(=O)Nc2ccc(-c3ccccc3F)c(F)c2)[C@H]2CC[C@@H]1O2. The standard InChI is InChI=1S/C20H16F2N2O2/c21-15-4-2-1-3-12(15)13-6-5-11(9-16(13)22)24-20(25)19-14(10-23)17-7-8-18(19)26-17/h1-6,9,14,17-19H,7-8H2,(H,24,25)/t14-,17+,18-,19?/m1/s1. The molecule has 2 heterocycles. The third kappa shape index (κ3) is 2.74. The number of halogens is 2. The van der Waals surface area contributed by atoms with Crippen LogP contribution in [0.5, 0.6) is 0 Å². The van der Waals surface area contributed by atoms with E-state index in [1.54, 1.807) is 6.07 Å². The van der Waals surface area contributed by atoms with Gasteiger partial charge in [0, 0.05) is 16.8 Å². The van der Waals surface area contributed by atoms with E-state index in [9.17, 15) is 18.8 Å². The summed E-state index contributed by atoms with van der Waals surface area (Å²) in [5.74, 6) is -2.51. The molecule has 0 aliphatic carbocycles. The van der Waals surface area contributed by atoms with E-state index in [0.717, 1.165) is 18.9 Å². The first kappa shape index (κ1) is 16.7. The van der Waals surface area contributed by atoms with Crippen LogP contribution in [0.1, 0.15) is 12.8 Å². The Morgan fingerprint density at radius 2 is 1.81 bits per heavy atom. The Bertz CT molecular complexity index is 909. The predicted molar refractivity (Wildman–Crippen MR) is 90.9 cm³/mol. The maximum atomic E-state index is 14.4. The molecule has 2 aromatic carbocycles. The van der Waals surface area contributed by atoms with Crippen molar-refractivity contribution in [3.8, 4) is 17.2 Å². The van der Waals surface area contributed by atoms with Gasteiger partial charge in [0.2, 0.25) is 5.91 Å². The number of carbonyl (C=O) groups excluding carboxylic acids is 1. The number of benzene rings is 2. The molecule has 4 rings (SSSR count). The van der Waals surface area contributed by atoms with Crippen LogP contribution in [0.2, 0.25) is 0 Å². The molecule has 1 unspecified atom stereocenters. The summed E-state index contributed by atoms with van der Waals surface area (Å²) in [5.41, 5.74) is 0.556. The first-order valence-electron chi connectivity index (χ1n) is 8.49. The van der Waals surface area contributed by atoms with Crippen molar-refractivity contribution < 1.29 is 18.3 Å². The molecule has 2 bridgehead atoms. The zero-order valence-electron chi connectivity index (χ0n) is 13.8. The van der Waals surface area contributed by atoms with Crippen molar-refractivity contribution >= 4 is 11.6 Å². The Morgan fingerprint density at radius 1 is 1.08 bits per heavy atom. The fourth-order valence-corrected chi connectivity index (χ4v) is 3.89. The van der Waals surface area contributed by atoms with E-state index in [1.165, 1.54) is 30.3 Å². The second kappa shape index (κ2) is 6.50. The molecule has 26 heavy (non-hydrogen) atoms. The molecular weight excluding hydrogens is 338 g/mol. The molecule has 2 aromatic rings. The van der Waals surface area contributed by atoms with Crippen LogP contribution >= 0.6 is 0 Å². The summed E-state index contributed by atoms with van der Waals surface area (Å²) in [6, 6.07) is 12.2. The summed E-state index contributed by atoms with van der Waals surface area (Å²) in [6.07, 6.45) is 1.09. The maximum absolute atomic E-state index is 14.4. The van der Waals surface area contributed by atoms with E-state index < -0.39 is 23.5 Å². The van der Waals surface area contributed by atoms with Gasteiger partial charge in [0.05, 0.1) is 30.1 Å². The lowest BCUT2D eigenvalue weighted by Gasteiger charge is -2.22. The monoisotopic (exact) mass is 354 g/mol. The number of ether oxygens (including phenoxy) is 1. The number of rotatable bonds is 3. The van der Waals surface area contributed by atoms with Gasteiger partial charge in [-0.3, -0.25) is 4.79 Å². The average Bonchev–Trinajstić information content (AvgIpc) is 3.23. The van der Waals surface area contributed by atoms with E-state index in [-0.39, 0.29) is 34.9 Å². The molecule has 4 nitrogen and oxygen atoms in total. The van der Waals surface area contributed by atoms with Crippen molar-refractivity contribution in [1.29, 1.82) is 5.26 Å². The predicted octanol–water partition coefficient (Wildman–Crippen LogP) is 3.89. The van der Waals surface area contributed by atoms with Gasteiger partial charge in [-0.25, -0.2) is 8.78 Å². The van der Waals surface area contributed by atoms with Crippen LogP contribution in [0, 0.1) is 34.8 Å². The van der Waals surface area contributed by atoms with Crippen LogP contribution in [-0.4, -0.2) is 18.1 Å². The number of amides is 1. The third-order valence-electron chi connectivity index (χ3n) is 5.13. The number of hydrogen-bond acceptors (Lipinski definition) is 3. The Labute approximate surface area is 149 Å². The van der Waals surface area contributed by atoms with Gasteiger partial charge in [-0.05, 0) is 37.1 Å². The Balaban J connectivity index is 1.55. The van der Waals surface area contributed by atoms with Crippen LogP contribution in [0.15, 0.2) is 42.5 Å². The van der Waals surface area contributed by atoms with E-state index in [0.29, 0.717) is 0 Å². The lowest BCUT2D eigenvalue weighted by Crippen LogP contribution is -2.36. The molecule has 2 fully saturated rings. The van der Waals surface area contributed by atoms with Crippen LogP contribution in [0.4, 0.5) is 14.5 Å². The highest BCUT2D eigenvalue weighted by Gasteiger charge is 2.52. The van der Waals surface area contributed by atoms with Crippen molar-refractivity contribution in [2.24, 2.45) is 11.8 Å². The number of fused-ring (bicyclic) bond motifs is 2. The molecule has 1 N–H and O–H groups in total. The fourth-order valence-electron chi connectivity index (χ4n) is 3.89. The zero-order chi connectivity index (χ0) is 18.3. The van der Waals surface area contributed by atoms with E-state index in [4.69, 9.17) is 4.74 Å². The third-order valence-corrected chi connectivity index (χ3v) is 5.13. The molecule has 2 saturated heterocycles. The topological polar surface area (TPSA) is 62.1 Å². The maximum Gasteiger partial charge on any atom is 0.231 e. The molecule has 6 heteroatoms. The Hall–Kier alpha value is -2.78. The van der Waals surface area contributed by atoms with E-state index >= 15 is 0 Å². The van der Waals surface area contributed by atoms with Gasteiger partial charge in [-0.2, -0.15) is 5.26 Å². The summed E-state index contributed by atoms with van der Waals surface area (Å²) in [4.78, 5) is 12.6. The molecule has 0 aromatic heterocycles. The summed E-state index contributed by atoms with van der Waals surface area (Å²) < 4.78 is 34.0. The molecule has 0 saturated carbocycles. The molecule has 4 atom stereocenters. The lowest BCUT2D eigenvalue weighted by molar-refractivity contribution is -0.122. The number of nitrogens with zero attached hydrogens (tertiary/aromatic N) is 1. The second-order valence-electron chi connectivity index (χ2n) is 6.63. The van der Waals surface area contributed by atoms with Crippen LogP contribution in [0.25, 0.3) is 11.1 Å². The van der Waals surface area contributed by atoms with Crippen LogP contribution in [-0.2, 0) is 9.53 Å². The highest BCUT2D eigenvalue weighted by Crippen LogP contribution is 2.43. The molecular formula is C20H16F2N2O2. The van der Waals surface area contributed by atoms with Crippen molar-refractivity contribution in [2.45, 2.75) is 25.0 Å². The quantitative estimate of drug-likeness (QED) is 0.910. The summed E-state index contributed by atoms with van der Waals surface area (Å²) in [7, 11) is 0. The minimum absolute atomic E-state index is 0.124. The number of nitriles is 1. The fraction of sp³-hybridized carbons (Fsp3) is 0.300. The molecule has 1 amide bonds. The number of nitrogens with one attached hydrogen (secondary N) is 1. The highest BCUT2D eigenvalue weighted by atomic mass is 19.1. The Kier molecular flexibility index (Phi) is 4.17. The van der Waals surface area contributed by atoms with Gasteiger partial charge in [-0.1, -0.05) is 18.2 Å². The molecule has 2 aliphatic heterocycles. The van der Waals surface area contributed by atoms with Crippen molar-refractivity contribution in [1.82, 2.24) is 0 Å². The zero-order valence-corrected chi connectivity index (χ0v) is 13.8. The molecule has 0 radical (unpaired) electrons. The van der Waals surface area contributed by atoms with Gasteiger partial charge in [0.1, 0.15) is 11.6 Å². The first-order valence-corrected chi connectivity index (χ1v) is 8.49. The first-order chi connectivity index (χ1) is 12.6. The largest absolute Gasteiger partial charge is 0.373 e. The summed E-state index contributed by atoms with van der Waals surface area (Å²) in [5, 5.41) is 12.0. The summed E-state index contributed by atoms with van der Waals surface area (Å²) >= 11 is 0. The minimum Gasteiger partial charge on any atom is -0.373 e. The van der Waals surface area contributed by atoms with E-state index in [2.05, 4.69) is 11.4 Å². The van der Waals surface area contributed by atoms with Gasteiger partial charge in [0.25, 0.3) is 0 Å². The number of anilines is 1. The summed E-state index contributed by atoms with van der Waals surface area (Å²) in [6.45, 7) is 0. The van der Waals surface area contributed by atoms with Crippen molar-refractivity contribution in [2.75, 3.05) is 5.32 Å². The van der Waals surface area contributed by atoms with Crippen molar-refractivity contribution in [3.05, 3.63) is 54.1 Å². The second-order valence-corrected chi connectivity index (χ2v) is 6.63. The lowest BCUT2D eigenvalue weighted by atomic mass is 9.79. The van der Waals surface area contributed by atoms with E-state index in [1.807, 2.05) is 0 Å². The minimum atomic E-state index is -0.631.